The van der Waals surface area contributed by atoms with Crippen molar-refractivity contribution in [3.63, 3.8) is 0 Å². The molecule has 8 nitrogen and oxygen atoms in total. The van der Waals surface area contributed by atoms with E-state index in [2.05, 4.69) is 0 Å². The lowest BCUT2D eigenvalue weighted by molar-refractivity contribution is -0.162. The van der Waals surface area contributed by atoms with Gasteiger partial charge >= 0.3 is 18.0 Å². The van der Waals surface area contributed by atoms with Crippen molar-refractivity contribution in [3.8, 4) is 0 Å². The highest BCUT2D eigenvalue weighted by molar-refractivity contribution is 5.79. The topological polar surface area (TPSA) is 91.4 Å². The average molecular weight is 532 g/mol. The van der Waals surface area contributed by atoms with Crippen LogP contribution in [0.1, 0.15) is 98.0 Å². The fraction of sp³-hybridized carbons (Fsp3) is 0.700. The van der Waals surface area contributed by atoms with Crippen LogP contribution in [-0.4, -0.2) is 53.0 Å². The van der Waals surface area contributed by atoms with E-state index in [1.165, 1.54) is 6.42 Å². The molecular formula is C30H45NO7. The van der Waals surface area contributed by atoms with E-state index < -0.39 is 35.5 Å². The summed E-state index contributed by atoms with van der Waals surface area (Å²) in [6.07, 6.45) is 6.38. The first-order valence-corrected chi connectivity index (χ1v) is 14.0. The van der Waals surface area contributed by atoms with Gasteiger partial charge in [-0.3, -0.25) is 9.69 Å². The summed E-state index contributed by atoms with van der Waals surface area (Å²) in [7, 11) is 0. The van der Waals surface area contributed by atoms with Crippen LogP contribution in [0.4, 0.5) is 4.79 Å². The fourth-order valence-corrected chi connectivity index (χ4v) is 5.28. The van der Waals surface area contributed by atoms with Crippen molar-refractivity contribution in [3.05, 3.63) is 35.9 Å². The zero-order chi connectivity index (χ0) is 27.8. The first-order chi connectivity index (χ1) is 18.0. The zero-order valence-electron chi connectivity index (χ0n) is 23.7. The van der Waals surface area contributed by atoms with E-state index in [1.54, 1.807) is 18.7 Å². The number of rotatable bonds is 10. The van der Waals surface area contributed by atoms with Crippen LogP contribution in [0.2, 0.25) is 0 Å². The molecule has 1 amide bonds. The minimum atomic E-state index is -1.01. The maximum atomic E-state index is 13.2. The molecule has 1 aromatic rings. The Kier molecular flexibility index (Phi) is 10.6. The van der Waals surface area contributed by atoms with Gasteiger partial charge in [0.1, 0.15) is 17.9 Å². The highest BCUT2D eigenvalue weighted by atomic mass is 16.6. The monoisotopic (exact) mass is 531 g/mol. The number of ether oxygens (including phenoxy) is 4. The number of nitrogens with zero attached hydrogens (tertiary/aromatic N) is 1. The van der Waals surface area contributed by atoms with Crippen molar-refractivity contribution in [2.75, 3.05) is 6.61 Å². The third kappa shape index (κ3) is 9.00. The number of unbranched alkanes of at least 4 members (excludes halogenated alkanes) is 1. The predicted octanol–water partition coefficient (Wildman–Crippen LogP) is 6.15. The van der Waals surface area contributed by atoms with Gasteiger partial charge < -0.3 is 18.9 Å². The summed E-state index contributed by atoms with van der Waals surface area (Å²) in [6, 6.07) is 9.08. The van der Waals surface area contributed by atoms with E-state index >= 15 is 0 Å². The second kappa shape index (κ2) is 13.5. The lowest BCUT2D eigenvalue weighted by atomic mass is 9.83. The second-order valence-electron chi connectivity index (χ2n) is 11.9. The van der Waals surface area contributed by atoms with Crippen LogP contribution in [0.3, 0.4) is 0 Å². The van der Waals surface area contributed by atoms with Crippen LogP contribution < -0.4 is 0 Å². The minimum absolute atomic E-state index is 0.174. The minimum Gasteiger partial charge on any atom is -0.464 e. The maximum Gasteiger partial charge on any atom is 0.412 e. The summed E-state index contributed by atoms with van der Waals surface area (Å²) in [5.41, 5.74) is -0.727. The Morgan fingerprint density at radius 2 is 1.68 bits per heavy atom. The Labute approximate surface area is 227 Å². The van der Waals surface area contributed by atoms with Gasteiger partial charge in [-0.1, -0.05) is 62.4 Å². The molecule has 1 aliphatic heterocycles. The Bertz CT molecular complexity index is 918. The van der Waals surface area contributed by atoms with Crippen LogP contribution in [0.15, 0.2) is 30.3 Å². The summed E-state index contributed by atoms with van der Waals surface area (Å²) in [5, 5.41) is 0. The summed E-state index contributed by atoms with van der Waals surface area (Å²) < 4.78 is 22.7. The van der Waals surface area contributed by atoms with Crippen molar-refractivity contribution in [2.45, 2.75) is 122 Å². The Balaban J connectivity index is 1.53. The fourth-order valence-electron chi connectivity index (χ4n) is 5.28. The molecule has 8 heteroatoms. The van der Waals surface area contributed by atoms with Crippen molar-refractivity contribution >= 4 is 18.0 Å². The van der Waals surface area contributed by atoms with Crippen molar-refractivity contribution in [1.82, 2.24) is 4.90 Å². The SMILES string of the molecule is CC(C)(C)OC(=O)N1[C@@H](CC2CCCCC2)[C@H](C(=O)OCCCCC(=O)OCc2ccccc2)OC1(C)C. The molecule has 0 unspecified atom stereocenters. The molecule has 0 aromatic heterocycles. The van der Waals surface area contributed by atoms with E-state index in [0.29, 0.717) is 25.2 Å². The molecule has 3 rings (SSSR count). The molecule has 0 bridgehead atoms. The largest absolute Gasteiger partial charge is 0.464 e. The van der Waals surface area contributed by atoms with E-state index in [9.17, 15) is 14.4 Å². The molecule has 2 aliphatic rings. The Morgan fingerprint density at radius 1 is 1.00 bits per heavy atom. The number of hydrogen-bond acceptors (Lipinski definition) is 7. The molecule has 1 saturated heterocycles. The van der Waals surface area contributed by atoms with Crippen LogP contribution in [0, 0.1) is 5.92 Å². The normalized spacial score (nSPS) is 21.7. The molecule has 1 saturated carbocycles. The van der Waals surface area contributed by atoms with Gasteiger partial charge in [0.05, 0.1) is 12.6 Å². The summed E-state index contributed by atoms with van der Waals surface area (Å²) in [4.78, 5) is 40.0. The standard InChI is InChI=1S/C30H45NO7/c1-29(2,3)38-28(34)31-24(20-22-14-8-6-9-15-22)26(37-30(31,4)5)27(33)35-19-13-12-18-25(32)36-21-23-16-10-7-11-17-23/h7,10-11,16-17,22,24,26H,6,8-9,12-15,18-21H2,1-5H3/t24-,26+/m0/s1. The molecule has 1 aliphatic carbocycles. The smallest absolute Gasteiger partial charge is 0.412 e. The van der Waals surface area contributed by atoms with E-state index in [0.717, 1.165) is 31.2 Å². The molecule has 0 radical (unpaired) electrons. The number of carbonyl (C=O) groups is 3. The number of carbonyl (C=O) groups excluding carboxylic acids is 3. The summed E-state index contributed by atoms with van der Waals surface area (Å²) in [5.74, 6) is -0.327. The van der Waals surface area contributed by atoms with Crippen LogP contribution in [-0.2, 0) is 35.1 Å². The van der Waals surface area contributed by atoms with Crippen LogP contribution in [0.5, 0.6) is 0 Å². The highest BCUT2D eigenvalue weighted by Gasteiger charge is 2.54. The van der Waals surface area contributed by atoms with Crippen LogP contribution in [0.25, 0.3) is 0 Å². The molecule has 0 N–H and O–H groups in total. The third-order valence-corrected chi connectivity index (χ3v) is 7.06. The van der Waals surface area contributed by atoms with Gasteiger partial charge in [0.15, 0.2) is 6.10 Å². The van der Waals surface area contributed by atoms with E-state index in [-0.39, 0.29) is 25.6 Å². The molecule has 2 fully saturated rings. The van der Waals surface area contributed by atoms with E-state index in [1.807, 2.05) is 51.1 Å². The number of esters is 2. The molecule has 2 atom stereocenters. The first-order valence-electron chi connectivity index (χ1n) is 14.0. The van der Waals surface area contributed by atoms with Gasteiger partial charge in [0.2, 0.25) is 0 Å². The lowest BCUT2D eigenvalue weighted by Crippen LogP contribution is -2.51. The first kappa shape index (κ1) is 29.9. The lowest BCUT2D eigenvalue weighted by Gasteiger charge is -2.36. The maximum absolute atomic E-state index is 13.2. The second-order valence-corrected chi connectivity index (χ2v) is 11.9. The molecule has 0 spiro atoms. The molecule has 1 aromatic carbocycles. The summed E-state index contributed by atoms with van der Waals surface area (Å²) >= 11 is 0. The molecule has 212 valence electrons. The predicted molar refractivity (Wildman–Crippen MR) is 143 cm³/mol. The third-order valence-electron chi connectivity index (χ3n) is 7.06. The van der Waals surface area contributed by atoms with Gasteiger partial charge in [0.25, 0.3) is 0 Å². The average Bonchev–Trinajstić information content (AvgIpc) is 3.12. The molecular weight excluding hydrogens is 486 g/mol. The zero-order valence-corrected chi connectivity index (χ0v) is 23.7. The van der Waals surface area contributed by atoms with Gasteiger partial charge in [-0.2, -0.15) is 0 Å². The Hall–Kier alpha value is -2.61. The van der Waals surface area contributed by atoms with Crippen LogP contribution >= 0.6 is 0 Å². The summed E-state index contributed by atoms with van der Waals surface area (Å²) in [6.45, 7) is 9.49. The number of amides is 1. The van der Waals surface area contributed by atoms with Gasteiger partial charge in [-0.25, -0.2) is 9.59 Å². The quantitative estimate of drug-likeness (QED) is 0.203. The van der Waals surface area contributed by atoms with Gasteiger partial charge in [-0.05, 0) is 65.4 Å². The molecule has 1 heterocycles. The van der Waals surface area contributed by atoms with Crippen molar-refractivity contribution in [1.29, 1.82) is 0 Å². The highest BCUT2D eigenvalue weighted by Crippen LogP contribution is 2.39. The number of hydrogen-bond donors (Lipinski definition) is 0. The molecule has 38 heavy (non-hydrogen) atoms. The van der Waals surface area contributed by atoms with E-state index in [4.69, 9.17) is 18.9 Å². The van der Waals surface area contributed by atoms with Crippen molar-refractivity contribution < 1.29 is 33.3 Å². The van der Waals surface area contributed by atoms with Gasteiger partial charge in [0, 0.05) is 6.42 Å². The van der Waals surface area contributed by atoms with Crippen molar-refractivity contribution in [2.24, 2.45) is 5.92 Å². The van der Waals surface area contributed by atoms with Gasteiger partial charge in [-0.15, -0.1) is 0 Å². The number of benzene rings is 1. The Morgan fingerprint density at radius 3 is 2.34 bits per heavy atom.